The SMILES string of the molecule is COc1ccc2[nH]cc(CCNC(=O)[C@@H]3CCCN(c4ncccn4)C3)c2c1. The molecule has 28 heavy (non-hydrogen) atoms. The highest BCUT2D eigenvalue weighted by Gasteiger charge is 2.26. The molecule has 1 atom stereocenters. The van der Waals surface area contributed by atoms with Crippen LogP contribution in [0.3, 0.4) is 0 Å². The smallest absolute Gasteiger partial charge is 0.225 e. The first-order chi connectivity index (χ1) is 13.7. The Morgan fingerprint density at radius 3 is 3.04 bits per heavy atom. The van der Waals surface area contributed by atoms with Crippen molar-refractivity contribution in [1.82, 2.24) is 20.3 Å². The van der Waals surface area contributed by atoms with Crippen molar-refractivity contribution in [2.24, 2.45) is 5.92 Å². The number of anilines is 1. The van der Waals surface area contributed by atoms with Gasteiger partial charge in [-0.3, -0.25) is 4.79 Å². The zero-order valence-corrected chi connectivity index (χ0v) is 16.0. The van der Waals surface area contributed by atoms with E-state index in [9.17, 15) is 4.79 Å². The zero-order chi connectivity index (χ0) is 19.3. The van der Waals surface area contributed by atoms with Gasteiger partial charge in [-0.15, -0.1) is 0 Å². The summed E-state index contributed by atoms with van der Waals surface area (Å²) in [4.78, 5) is 26.6. The first-order valence-corrected chi connectivity index (χ1v) is 9.68. The van der Waals surface area contributed by atoms with Gasteiger partial charge in [-0.2, -0.15) is 0 Å². The third kappa shape index (κ3) is 3.93. The van der Waals surface area contributed by atoms with Crippen LogP contribution >= 0.6 is 0 Å². The van der Waals surface area contributed by atoms with Crippen molar-refractivity contribution in [2.75, 3.05) is 31.6 Å². The van der Waals surface area contributed by atoms with E-state index in [-0.39, 0.29) is 11.8 Å². The summed E-state index contributed by atoms with van der Waals surface area (Å²) in [6.45, 7) is 2.17. The summed E-state index contributed by atoms with van der Waals surface area (Å²) >= 11 is 0. The Bertz CT molecular complexity index is 940. The maximum Gasteiger partial charge on any atom is 0.225 e. The number of piperidine rings is 1. The van der Waals surface area contributed by atoms with Crippen molar-refractivity contribution in [3.8, 4) is 5.75 Å². The van der Waals surface area contributed by atoms with Crippen LogP contribution in [0.2, 0.25) is 0 Å². The van der Waals surface area contributed by atoms with E-state index in [4.69, 9.17) is 4.74 Å². The second-order valence-corrected chi connectivity index (χ2v) is 7.10. The fraction of sp³-hybridized carbons (Fsp3) is 0.381. The van der Waals surface area contributed by atoms with E-state index in [0.717, 1.165) is 42.5 Å². The molecule has 0 unspecified atom stereocenters. The Balaban J connectivity index is 1.33. The van der Waals surface area contributed by atoms with Gasteiger partial charge in [-0.25, -0.2) is 9.97 Å². The predicted octanol–water partition coefficient (Wildman–Crippen LogP) is 2.54. The summed E-state index contributed by atoms with van der Waals surface area (Å²) in [6, 6.07) is 7.79. The van der Waals surface area contributed by atoms with E-state index in [2.05, 4.69) is 25.2 Å². The number of hydrogen-bond donors (Lipinski definition) is 2. The molecule has 3 aromatic rings. The first kappa shape index (κ1) is 18.3. The molecule has 1 saturated heterocycles. The maximum absolute atomic E-state index is 12.7. The number of aromatic amines is 1. The highest BCUT2D eigenvalue weighted by Crippen LogP contribution is 2.24. The molecular formula is C21H25N5O2. The van der Waals surface area contributed by atoms with Crippen molar-refractivity contribution in [3.63, 3.8) is 0 Å². The van der Waals surface area contributed by atoms with Crippen molar-refractivity contribution >= 4 is 22.8 Å². The van der Waals surface area contributed by atoms with Gasteiger partial charge < -0.3 is 19.9 Å². The summed E-state index contributed by atoms with van der Waals surface area (Å²) < 4.78 is 5.32. The molecule has 3 heterocycles. The minimum atomic E-state index is -0.0272. The zero-order valence-electron chi connectivity index (χ0n) is 16.0. The molecule has 0 spiro atoms. The molecular weight excluding hydrogens is 354 g/mol. The van der Waals surface area contributed by atoms with E-state index in [1.807, 2.05) is 24.4 Å². The van der Waals surface area contributed by atoms with E-state index in [1.54, 1.807) is 25.6 Å². The van der Waals surface area contributed by atoms with Crippen LogP contribution < -0.4 is 15.0 Å². The highest BCUT2D eigenvalue weighted by molar-refractivity contribution is 5.85. The number of carbonyl (C=O) groups excluding carboxylic acids is 1. The summed E-state index contributed by atoms with van der Waals surface area (Å²) in [5.41, 5.74) is 2.25. The fourth-order valence-electron chi connectivity index (χ4n) is 3.78. The van der Waals surface area contributed by atoms with Crippen LogP contribution in [0.15, 0.2) is 42.9 Å². The Morgan fingerprint density at radius 1 is 1.36 bits per heavy atom. The van der Waals surface area contributed by atoms with Crippen molar-refractivity contribution in [1.29, 1.82) is 0 Å². The molecule has 4 rings (SSSR count). The van der Waals surface area contributed by atoms with Gasteiger partial charge in [0.25, 0.3) is 0 Å². The lowest BCUT2D eigenvalue weighted by atomic mass is 9.97. The van der Waals surface area contributed by atoms with Gasteiger partial charge in [0, 0.05) is 49.1 Å². The monoisotopic (exact) mass is 379 g/mol. The summed E-state index contributed by atoms with van der Waals surface area (Å²) in [5.74, 6) is 1.62. The lowest BCUT2D eigenvalue weighted by Crippen LogP contribution is -2.44. The predicted molar refractivity (Wildman–Crippen MR) is 109 cm³/mol. The van der Waals surface area contributed by atoms with Gasteiger partial charge in [-0.1, -0.05) is 0 Å². The number of methoxy groups -OCH3 is 1. The van der Waals surface area contributed by atoms with Crippen molar-refractivity contribution < 1.29 is 9.53 Å². The third-order valence-electron chi connectivity index (χ3n) is 5.30. The molecule has 0 radical (unpaired) electrons. The molecule has 7 heteroatoms. The normalized spacial score (nSPS) is 16.9. The second-order valence-electron chi connectivity index (χ2n) is 7.10. The largest absolute Gasteiger partial charge is 0.497 e. The van der Waals surface area contributed by atoms with Gasteiger partial charge in [0.15, 0.2) is 0 Å². The van der Waals surface area contributed by atoms with Gasteiger partial charge in [0.1, 0.15) is 5.75 Å². The molecule has 1 aromatic carbocycles. The number of fused-ring (bicyclic) bond motifs is 1. The summed E-state index contributed by atoms with van der Waals surface area (Å²) in [6.07, 6.45) is 8.13. The number of benzene rings is 1. The molecule has 2 aromatic heterocycles. The van der Waals surface area contributed by atoms with Gasteiger partial charge in [-0.05, 0) is 49.1 Å². The molecule has 1 aliphatic rings. The van der Waals surface area contributed by atoms with Gasteiger partial charge >= 0.3 is 0 Å². The van der Waals surface area contributed by atoms with Crippen LogP contribution in [0.1, 0.15) is 18.4 Å². The lowest BCUT2D eigenvalue weighted by molar-refractivity contribution is -0.125. The molecule has 1 amide bonds. The summed E-state index contributed by atoms with van der Waals surface area (Å²) in [5, 5.41) is 4.24. The Hall–Kier alpha value is -3.09. The molecule has 0 saturated carbocycles. The molecule has 146 valence electrons. The lowest BCUT2D eigenvalue weighted by Gasteiger charge is -2.31. The number of hydrogen-bond acceptors (Lipinski definition) is 5. The van der Waals surface area contributed by atoms with Gasteiger partial charge in [0.2, 0.25) is 11.9 Å². The number of amides is 1. The Kier molecular flexibility index (Phi) is 5.41. The minimum absolute atomic E-state index is 0.0272. The molecule has 0 aliphatic carbocycles. The quantitative estimate of drug-likeness (QED) is 0.688. The number of aromatic nitrogens is 3. The average molecular weight is 379 g/mol. The van der Waals surface area contributed by atoms with Crippen LogP contribution in [0, 0.1) is 5.92 Å². The van der Waals surface area contributed by atoms with Crippen molar-refractivity contribution in [3.05, 3.63) is 48.4 Å². The average Bonchev–Trinajstić information content (AvgIpc) is 3.16. The number of nitrogens with one attached hydrogen (secondary N) is 2. The van der Waals surface area contributed by atoms with Crippen LogP contribution in [-0.4, -0.2) is 47.6 Å². The number of rotatable bonds is 6. The number of ether oxygens (including phenoxy) is 1. The molecule has 2 N–H and O–H groups in total. The fourth-order valence-corrected chi connectivity index (χ4v) is 3.78. The van der Waals surface area contributed by atoms with Crippen LogP contribution in [0.5, 0.6) is 5.75 Å². The van der Waals surface area contributed by atoms with Crippen LogP contribution in [0.4, 0.5) is 5.95 Å². The Labute approximate surface area is 164 Å². The number of nitrogens with zero attached hydrogens (tertiary/aromatic N) is 3. The van der Waals surface area contributed by atoms with Crippen LogP contribution in [0.25, 0.3) is 10.9 Å². The molecule has 0 bridgehead atoms. The highest BCUT2D eigenvalue weighted by atomic mass is 16.5. The van der Waals surface area contributed by atoms with E-state index in [0.29, 0.717) is 19.0 Å². The summed E-state index contributed by atoms with van der Waals surface area (Å²) in [7, 11) is 1.67. The standard InChI is InChI=1S/C21H25N5O2/c1-28-17-5-6-19-18(12-17)15(13-25-19)7-10-22-20(27)16-4-2-11-26(14-16)21-23-8-3-9-24-21/h3,5-6,8-9,12-13,16,25H,2,4,7,10-11,14H2,1H3,(H,22,27)/t16-/m1/s1. The van der Waals surface area contributed by atoms with Crippen molar-refractivity contribution in [2.45, 2.75) is 19.3 Å². The second kappa shape index (κ2) is 8.29. The van der Waals surface area contributed by atoms with Gasteiger partial charge in [0.05, 0.1) is 13.0 Å². The Morgan fingerprint density at radius 2 is 2.21 bits per heavy atom. The van der Waals surface area contributed by atoms with Crippen LogP contribution in [-0.2, 0) is 11.2 Å². The molecule has 7 nitrogen and oxygen atoms in total. The molecule has 1 aliphatic heterocycles. The topological polar surface area (TPSA) is 83.1 Å². The number of H-pyrrole nitrogens is 1. The van der Waals surface area contributed by atoms with E-state index < -0.39 is 0 Å². The number of carbonyl (C=O) groups is 1. The minimum Gasteiger partial charge on any atom is -0.497 e. The van der Waals surface area contributed by atoms with E-state index >= 15 is 0 Å². The molecule has 1 fully saturated rings. The first-order valence-electron chi connectivity index (χ1n) is 9.68. The maximum atomic E-state index is 12.7. The third-order valence-corrected chi connectivity index (χ3v) is 5.30. The van der Waals surface area contributed by atoms with E-state index in [1.165, 1.54) is 5.56 Å².